The van der Waals surface area contributed by atoms with E-state index in [0.717, 1.165) is 17.3 Å². The minimum absolute atomic E-state index is 0.128. The summed E-state index contributed by atoms with van der Waals surface area (Å²) in [5.41, 5.74) is 2.38. The molecule has 8 heteroatoms. The molecule has 2 aromatic heterocycles. The maximum absolute atomic E-state index is 13.0. The molecule has 4 rings (SSSR count). The highest BCUT2D eigenvalue weighted by Gasteiger charge is 2.08. The van der Waals surface area contributed by atoms with E-state index < -0.39 is 5.82 Å². The SMILES string of the molecule is O=C(CCOc1ccc(F)cc1Cl)Nc1ccc(-c2cn3cccnc3n2)cc1. The normalized spacial score (nSPS) is 10.8. The number of hydrogen-bond acceptors (Lipinski definition) is 4. The van der Waals surface area contributed by atoms with E-state index in [1.165, 1.54) is 12.1 Å². The van der Waals surface area contributed by atoms with Gasteiger partial charge in [0.2, 0.25) is 11.7 Å². The number of aromatic nitrogens is 3. The minimum Gasteiger partial charge on any atom is -0.491 e. The molecule has 4 aromatic rings. The first kappa shape index (κ1) is 18.9. The van der Waals surface area contributed by atoms with Crippen molar-refractivity contribution in [1.82, 2.24) is 14.4 Å². The van der Waals surface area contributed by atoms with Crippen molar-refractivity contribution < 1.29 is 13.9 Å². The third-order valence-electron chi connectivity index (χ3n) is 4.18. The van der Waals surface area contributed by atoms with Gasteiger partial charge in [-0.1, -0.05) is 23.7 Å². The average molecular weight is 411 g/mol. The van der Waals surface area contributed by atoms with Crippen LogP contribution in [0, 0.1) is 5.82 Å². The summed E-state index contributed by atoms with van der Waals surface area (Å²) < 4.78 is 20.3. The molecule has 0 bridgehead atoms. The van der Waals surface area contributed by atoms with Crippen LogP contribution in [0.3, 0.4) is 0 Å². The van der Waals surface area contributed by atoms with Crippen molar-refractivity contribution in [1.29, 1.82) is 0 Å². The second kappa shape index (κ2) is 8.28. The Bertz CT molecular complexity index is 1130. The zero-order valence-electron chi connectivity index (χ0n) is 15.2. The monoisotopic (exact) mass is 410 g/mol. The predicted octanol–water partition coefficient (Wildman–Crippen LogP) is 4.60. The topological polar surface area (TPSA) is 68.5 Å². The molecule has 0 unspecified atom stereocenters. The molecular weight excluding hydrogens is 395 g/mol. The summed E-state index contributed by atoms with van der Waals surface area (Å²) in [4.78, 5) is 20.8. The van der Waals surface area contributed by atoms with Crippen molar-refractivity contribution in [2.75, 3.05) is 11.9 Å². The van der Waals surface area contributed by atoms with Gasteiger partial charge in [0.15, 0.2) is 0 Å². The molecule has 0 aliphatic rings. The molecule has 0 saturated carbocycles. The molecule has 146 valence electrons. The van der Waals surface area contributed by atoms with Crippen LogP contribution in [0.25, 0.3) is 17.0 Å². The van der Waals surface area contributed by atoms with E-state index in [9.17, 15) is 9.18 Å². The number of amides is 1. The third kappa shape index (κ3) is 4.52. The van der Waals surface area contributed by atoms with E-state index in [2.05, 4.69) is 15.3 Å². The van der Waals surface area contributed by atoms with Gasteiger partial charge in [-0.25, -0.2) is 14.4 Å². The molecule has 0 aliphatic carbocycles. The van der Waals surface area contributed by atoms with Gasteiger partial charge in [-0.2, -0.15) is 0 Å². The second-order valence-electron chi connectivity index (χ2n) is 6.25. The Morgan fingerprint density at radius 3 is 2.79 bits per heavy atom. The fourth-order valence-corrected chi connectivity index (χ4v) is 2.98. The van der Waals surface area contributed by atoms with Crippen LogP contribution in [0.15, 0.2) is 67.1 Å². The van der Waals surface area contributed by atoms with Crippen LogP contribution in [0.5, 0.6) is 5.75 Å². The third-order valence-corrected chi connectivity index (χ3v) is 4.48. The van der Waals surface area contributed by atoms with E-state index in [1.807, 2.05) is 47.1 Å². The summed E-state index contributed by atoms with van der Waals surface area (Å²) in [5.74, 6) is 0.324. The van der Waals surface area contributed by atoms with Crippen LogP contribution in [-0.2, 0) is 4.79 Å². The van der Waals surface area contributed by atoms with Crippen molar-refractivity contribution in [2.45, 2.75) is 6.42 Å². The van der Waals surface area contributed by atoms with Crippen LogP contribution in [0.2, 0.25) is 5.02 Å². The number of nitrogens with one attached hydrogen (secondary N) is 1. The first-order chi connectivity index (χ1) is 14.1. The van der Waals surface area contributed by atoms with Gasteiger partial charge in [0, 0.05) is 29.8 Å². The van der Waals surface area contributed by atoms with E-state index in [0.29, 0.717) is 17.2 Å². The Balaban J connectivity index is 1.32. The molecule has 1 N–H and O–H groups in total. The maximum Gasteiger partial charge on any atom is 0.234 e. The lowest BCUT2D eigenvalue weighted by atomic mass is 10.1. The standard InChI is InChI=1S/C21H16ClFN4O2/c22-17-12-15(23)4-7-19(17)29-11-8-20(28)25-16-5-2-14(3-6-16)18-13-27-10-1-9-24-21(27)26-18/h1-7,9-10,12-13H,8,11H2,(H,25,28). The first-order valence-electron chi connectivity index (χ1n) is 8.86. The van der Waals surface area contributed by atoms with E-state index >= 15 is 0 Å². The number of hydrogen-bond donors (Lipinski definition) is 1. The number of carbonyl (C=O) groups is 1. The number of rotatable bonds is 6. The van der Waals surface area contributed by atoms with E-state index in [4.69, 9.17) is 16.3 Å². The lowest BCUT2D eigenvalue weighted by Gasteiger charge is -2.09. The Hall–Kier alpha value is -3.45. The summed E-state index contributed by atoms with van der Waals surface area (Å²) in [6.45, 7) is 0.128. The highest BCUT2D eigenvalue weighted by molar-refractivity contribution is 6.32. The summed E-state index contributed by atoms with van der Waals surface area (Å²) in [6, 6.07) is 13.1. The Labute approximate surface area is 170 Å². The van der Waals surface area contributed by atoms with Crippen LogP contribution < -0.4 is 10.1 Å². The van der Waals surface area contributed by atoms with Crippen molar-refractivity contribution in [3.63, 3.8) is 0 Å². The number of ether oxygens (including phenoxy) is 1. The summed E-state index contributed by atoms with van der Waals surface area (Å²) in [6.07, 6.45) is 5.61. The van der Waals surface area contributed by atoms with Crippen molar-refractivity contribution in [3.05, 3.63) is 78.0 Å². The molecular formula is C21H16ClFN4O2. The Kier molecular flexibility index (Phi) is 5.39. The van der Waals surface area contributed by atoms with Gasteiger partial charge in [0.05, 0.1) is 23.7 Å². The quantitative estimate of drug-likeness (QED) is 0.504. The molecule has 29 heavy (non-hydrogen) atoms. The lowest BCUT2D eigenvalue weighted by molar-refractivity contribution is -0.116. The van der Waals surface area contributed by atoms with Gasteiger partial charge in [0.25, 0.3) is 0 Å². The number of halogens is 2. The number of fused-ring (bicyclic) bond motifs is 1. The van der Waals surface area contributed by atoms with Crippen molar-refractivity contribution >= 4 is 29.0 Å². The minimum atomic E-state index is -0.441. The number of anilines is 1. The summed E-state index contributed by atoms with van der Waals surface area (Å²) in [5, 5.41) is 2.98. The van der Waals surface area contributed by atoms with Gasteiger partial charge in [-0.15, -0.1) is 0 Å². The molecule has 2 heterocycles. The number of carbonyl (C=O) groups excluding carboxylic acids is 1. The first-order valence-corrected chi connectivity index (χ1v) is 9.24. The molecule has 0 saturated heterocycles. The molecule has 0 atom stereocenters. The van der Waals surface area contributed by atoms with Gasteiger partial charge < -0.3 is 10.1 Å². The fraction of sp³-hybridized carbons (Fsp3) is 0.0952. The summed E-state index contributed by atoms with van der Waals surface area (Å²) in [7, 11) is 0. The van der Waals surface area contributed by atoms with E-state index in [-0.39, 0.29) is 24.0 Å². The van der Waals surface area contributed by atoms with Crippen LogP contribution in [0.1, 0.15) is 6.42 Å². The van der Waals surface area contributed by atoms with Crippen molar-refractivity contribution in [3.8, 4) is 17.0 Å². The van der Waals surface area contributed by atoms with Gasteiger partial charge in [-0.3, -0.25) is 9.20 Å². The highest BCUT2D eigenvalue weighted by atomic mass is 35.5. The fourth-order valence-electron chi connectivity index (χ4n) is 2.76. The molecule has 1 amide bonds. The van der Waals surface area contributed by atoms with Gasteiger partial charge in [0.1, 0.15) is 11.6 Å². The van der Waals surface area contributed by atoms with Crippen LogP contribution >= 0.6 is 11.6 Å². The lowest BCUT2D eigenvalue weighted by Crippen LogP contribution is -2.15. The molecule has 2 aromatic carbocycles. The molecule has 0 aliphatic heterocycles. The number of nitrogens with zero attached hydrogens (tertiary/aromatic N) is 3. The maximum atomic E-state index is 13.0. The second-order valence-corrected chi connectivity index (χ2v) is 6.66. The molecule has 0 fully saturated rings. The number of benzene rings is 2. The highest BCUT2D eigenvalue weighted by Crippen LogP contribution is 2.25. The summed E-state index contributed by atoms with van der Waals surface area (Å²) >= 11 is 5.89. The Morgan fingerprint density at radius 1 is 1.21 bits per heavy atom. The molecule has 0 spiro atoms. The zero-order valence-corrected chi connectivity index (χ0v) is 15.9. The van der Waals surface area contributed by atoms with Crippen molar-refractivity contribution in [2.24, 2.45) is 0 Å². The predicted molar refractivity (Wildman–Crippen MR) is 109 cm³/mol. The average Bonchev–Trinajstić information content (AvgIpc) is 3.14. The largest absolute Gasteiger partial charge is 0.491 e. The van der Waals surface area contributed by atoms with Gasteiger partial charge in [-0.05, 0) is 36.4 Å². The zero-order chi connectivity index (χ0) is 20.2. The van der Waals surface area contributed by atoms with Gasteiger partial charge >= 0.3 is 0 Å². The Morgan fingerprint density at radius 2 is 2.03 bits per heavy atom. The van der Waals surface area contributed by atoms with E-state index in [1.54, 1.807) is 6.20 Å². The van der Waals surface area contributed by atoms with Crippen LogP contribution in [-0.4, -0.2) is 26.9 Å². The smallest absolute Gasteiger partial charge is 0.234 e. The molecule has 0 radical (unpaired) electrons. The molecule has 6 nitrogen and oxygen atoms in total. The number of imidazole rings is 1. The van der Waals surface area contributed by atoms with Crippen LogP contribution in [0.4, 0.5) is 10.1 Å².